The summed E-state index contributed by atoms with van der Waals surface area (Å²) in [7, 11) is 3.05. The number of Topliss-reactive ketones (excluding diaryl/α,β-unsaturated/α-hetero) is 3. The lowest BCUT2D eigenvalue weighted by atomic mass is 9.80. The second kappa shape index (κ2) is 52.7. The molecule has 10 rings (SSSR count). The molecule has 5 aliphatic rings. The van der Waals surface area contributed by atoms with E-state index in [1.165, 1.54) is 32.0 Å². The number of cyclic esters (lactones) is 1. The van der Waals surface area contributed by atoms with E-state index >= 15 is 0 Å². The zero-order chi connectivity index (χ0) is 93.1. The van der Waals surface area contributed by atoms with Gasteiger partial charge in [-0.3, -0.25) is 28.8 Å². The first-order valence-corrected chi connectivity index (χ1v) is 45.5. The molecule has 1 aliphatic carbocycles. The zero-order valence-electron chi connectivity index (χ0n) is 76.1. The average molecular weight is 1820 g/mol. The summed E-state index contributed by atoms with van der Waals surface area (Å²) < 4.78 is 81.9. The zero-order valence-corrected chi connectivity index (χ0v) is 76.1. The molecule has 2 bridgehead atoms. The maximum Gasteiger partial charge on any atom is 0.407 e. The molecule has 37 nitrogen and oxygen atoms in total. The number of nitrogens with zero attached hydrogens (tertiary/aromatic N) is 7. The number of nitrogens with one attached hydrogen (secondary N) is 2. The number of aliphatic hydroxyl groups is 3. The highest BCUT2D eigenvalue weighted by Crippen LogP contribution is 2.38. The van der Waals surface area contributed by atoms with Crippen LogP contribution in [0.1, 0.15) is 148 Å². The molecule has 0 radical (unpaired) electrons. The minimum atomic E-state index is -2.47. The number of ketones is 3. The quantitative estimate of drug-likeness (QED) is 0.00902. The Balaban J connectivity index is 0.529. The molecule has 2 aromatic carbocycles. The van der Waals surface area contributed by atoms with Crippen molar-refractivity contribution in [2.45, 2.75) is 211 Å². The van der Waals surface area contributed by atoms with E-state index in [-0.39, 0.29) is 120 Å². The van der Waals surface area contributed by atoms with Gasteiger partial charge in [-0.1, -0.05) is 75.4 Å². The molecule has 11 N–H and O–H groups in total. The number of allylic oxidation sites excluding steroid dienone is 6. The standard InChI is InChI=1S/C93H134N12O25/c1-59-14-9-8-10-15-60(2)76(117-6)54-69-16-13-27-93(116,130-69)86(112)89(113)104-30-12-11-17-72(104)90(114)127-77(55-73(106)61(3)49-63(5)84(110)85(111)83(109)62(4)48-59)70(94)51-64-19-22-75(78(52-64)118-7)129-92(115)98-29-35-122-39-43-126-46-44-123-40-36-119-32-25-79(107)97-28-34-121-38-42-125-47-45-124-41-37-120-33-26-80(108)103-31-24-66-50-65(18-20-68(66)57-103)56-105-88-81(87(95)99-58-100-88)82(102-105)67-21-23-74-71(53-67)101-91(96)128-74/h8-10,14-15,18,20-21,23,49-50,53,58-59,61-62,64,69-70,72,75-78,84-85,110-111,116H,11-13,16-17,19,22,24-48,51-52,54-57,94H2,1-7H3,(H2,96,101)(H,97,107)(H,98,115)(H2,95,99,100)/b10-8+,14-9+,60-15+,63-49+/t59-,61-,62-,64+,69+,70-,72+,75-,76+,77+,78-,84-,85+,93-/m1/s1. The van der Waals surface area contributed by atoms with Crippen molar-refractivity contribution < 1.29 is 120 Å². The molecule has 14 atom stereocenters. The molecule has 4 amide bonds. The van der Waals surface area contributed by atoms with E-state index in [1.54, 1.807) is 27.0 Å². The Hall–Kier alpha value is -9.42. The average Bonchev–Trinajstić information content (AvgIpc) is 1.63. The summed E-state index contributed by atoms with van der Waals surface area (Å²) >= 11 is 0. The number of hydrogen-bond donors (Lipinski definition) is 8. The van der Waals surface area contributed by atoms with Crippen LogP contribution in [0.15, 0.2) is 94.7 Å². The molecular formula is C93H134N12O25. The first-order valence-electron chi connectivity index (χ1n) is 45.5. The minimum Gasteiger partial charge on any atom is -0.459 e. The van der Waals surface area contributed by atoms with Gasteiger partial charge in [0.1, 0.15) is 59.6 Å². The minimum absolute atomic E-state index is 0.00104. The molecule has 7 heterocycles. The number of esters is 1. The van der Waals surface area contributed by atoms with Crippen LogP contribution in [-0.2, 0) is 115 Å². The van der Waals surface area contributed by atoms with E-state index in [2.05, 4.69) is 37.7 Å². The number of oxazole rings is 1. The second-order valence-corrected chi connectivity index (χ2v) is 34.0. The van der Waals surface area contributed by atoms with Gasteiger partial charge < -0.3 is 119 Å². The number of alkyl carbamates (subject to hydrolysis) is 1. The molecule has 2 saturated heterocycles. The predicted molar refractivity (Wildman–Crippen MR) is 477 cm³/mol. The number of fused-ring (bicyclic) bond motifs is 6. The third kappa shape index (κ3) is 31.1. The maximum absolute atomic E-state index is 14.6. The van der Waals surface area contributed by atoms with Crippen molar-refractivity contribution in [1.82, 2.24) is 45.2 Å². The Kier molecular flexibility index (Phi) is 41.6. The van der Waals surface area contributed by atoms with E-state index in [1.807, 2.05) is 72.0 Å². The van der Waals surface area contributed by atoms with Crippen molar-refractivity contribution >= 4 is 81.1 Å². The van der Waals surface area contributed by atoms with Gasteiger partial charge in [0.15, 0.2) is 17.0 Å². The highest BCUT2D eigenvalue weighted by Gasteiger charge is 2.50. The van der Waals surface area contributed by atoms with E-state index in [0.717, 1.165) is 33.6 Å². The Morgan fingerprint density at radius 1 is 0.692 bits per heavy atom. The van der Waals surface area contributed by atoms with Gasteiger partial charge in [-0.05, 0) is 142 Å². The molecule has 0 unspecified atom stereocenters. The third-order valence-electron chi connectivity index (χ3n) is 24.2. The van der Waals surface area contributed by atoms with Gasteiger partial charge in [-0.2, -0.15) is 10.1 Å². The Morgan fingerprint density at radius 2 is 1.37 bits per heavy atom. The summed E-state index contributed by atoms with van der Waals surface area (Å²) in [5, 5.41) is 45.4. The Morgan fingerprint density at radius 3 is 2.06 bits per heavy atom. The topological polar surface area (TPSA) is 495 Å². The third-order valence-corrected chi connectivity index (χ3v) is 24.2. The molecule has 37 heteroatoms. The van der Waals surface area contributed by atoms with Crippen LogP contribution in [0.3, 0.4) is 0 Å². The number of hydrogen-bond acceptors (Lipinski definition) is 32. The molecule has 716 valence electrons. The number of benzene rings is 2. The van der Waals surface area contributed by atoms with Gasteiger partial charge in [0.05, 0.1) is 142 Å². The Bertz CT molecular complexity index is 4630. The lowest BCUT2D eigenvalue weighted by Crippen LogP contribution is -2.58. The number of rotatable bonds is 39. The molecular weight excluding hydrogens is 1690 g/mol. The summed E-state index contributed by atoms with van der Waals surface area (Å²) in [6.45, 7) is 15.6. The Labute approximate surface area is 758 Å². The first-order chi connectivity index (χ1) is 62.7. The number of aliphatic hydroxyl groups excluding tert-OH is 2. The summed E-state index contributed by atoms with van der Waals surface area (Å²) in [5.74, 6) is -8.33. The van der Waals surface area contributed by atoms with Crippen LogP contribution in [0.5, 0.6) is 0 Å². The summed E-state index contributed by atoms with van der Waals surface area (Å²) in [6, 6.07) is 9.63. The summed E-state index contributed by atoms with van der Waals surface area (Å²) in [6.07, 6.45) is 9.18. The molecule has 5 aromatic rings. The van der Waals surface area contributed by atoms with Crippen molar-refractivity contribution in [2.24, 2.45) is 29.4 Å². The number of piperidine rings is 1. The summed E-state index contributed by atoms with van der Waals surface area (Å²) in [4.78, 5) is 126. The van der Waals surface area contributed by atoms with Crippen LogP contribution in [0.25, 0.3) is 33.4 Å². The van der Waals surface area contributed by atoms with Gasteiger partial charge in [-0.25, -0.2) is 24.2 Å². The number of ether oxygens (including phenoxy) is 13. The number of nitrogens with two attached hydrogens (primary N) is 3. The maximum atomic E-state index is 14.6. The van der Waals surface area contributed by atoms with Crippen LogP contribution in [-0.4, -0.2) is 304 Å². The van der Waals surface area contributed by atoms with Crippen molar-refractivity contribution in [3.63, 3.8) is 0 Å². The van der Waals surface area contributed by atoms with E-state index in [9.17, 15) is 53.7 Å². The summed E-state index contributed by atoms with van der Waals surface area (Å²) in [5.41, 5.74) is 26.6. The van der Waals surface area contributed by atoms with E-state index in [4.69, 9.17) is 88.3 Å². The van der Waals surface area contributed by atoms with Gasteiger partial charge in [0.2, 0.25) is 17.6 Å². The molecule has 4 aliphatic heterocycles. The number of carbonyl (C=O) groups is 8. The fraction of sp³-hybridized carbons (Fsp3) is 0.634. The van der Waals surface area contributed by atoms with Crippen LogP contribution >= 0.6 is 0 Å². The molecule has 3 aromatic heterocycles. The van der Waals surface area contributed by atoms with E-state index in [0.29, 0.717) is 184 Å². The van der Waals surface area contributed by atoms with Gasteiger partial charge in [-0.15, -0.1) is 0 Å². The number of anilines is 2. The fourth-order valence-electron chi connectivity index (χ4n) is 16.9. The number of aromatic nitrogens is 5. The predicted octanol–water partition coefficient (Wildman–Crippen LogP) is 6.48. The van der Waals surface area contributed by atoms with Crippen LogP contribution in [0.4, 0.5) is 16.6 Å². The van der Waals surface area contributed by atoms with Crippen LogP contribution in [0.2, 0.25) is 0 Å². The second-order valence-electron chi connectivity index (χ2n) is 34.0. The molecule has 0 spiro atoms. The molecule has 1 saturated carbocycles. The van der Waals surface area contributed by atoms with Crippen molar-refractivity contribution in [2.75, 3.05) is 158 Å². The van der Waals surface area contributed by atoms with Crippen LogP contribution < -0.4 is 27.8 Å². The van der Waals surface area contributed by atoms with Crippen molar-refractivity contribution in [1.29, 1.82) is 0 Å². The van der Waals surface area contributed by atoms with Crippen molar-refractivity contribution in [3.05, 3.63) is 107 Å². The highest BCUT2D eigenvalue weighted by atomic mass is 16.6. The number of nitrogen functional groups attached to an aromatic ring is 2. The highest BCUT2D eigenvalue weighted by molar-refractivity contribution is 6.39. The lowest BCUT2D eigenvalue weighted by Gasteiger charge is -2.40. The SMILES string of the molecule is CO[C@H]1C[C@@H]2CCC[C@@](O)(O2)C(=O)C(=O)N2CCCC[C@H]2C(=O)O[C@H]([C@H](N)C[C@@H]2CC[C@@H](OC(=O)NCCOCCOCCOCCOCCC(=O)NCCOCCOCCOCCOCCC(=O)N3CCc4cc(Cn5nc(-c6ccc7oc(N)nc7c6)c6c(N)ncnc65)ccc4C3)[C@H](OC)C2)CC(=O)[C@H](C)/C=C(\C)[C@@H](O)[C@@H](O)C(=O)[C@H](C)C[C@H](C)/C=C/C=C/C=C/1C. The first kappa shape index (κ1) is 103. The number of carbonyl (C=O) groups excluding carboxylic acids is 8. The number of methoxy groups -OCH3 is 2. The van der Waals surface area contributed by atoms with Crippen LogP contribution in [0, 0.1) is 23.7 Å². The smallest absolute Gasteiger partial charge is 0.407 e. The van der Waals surface area contributed by atoms with Crippen molar-refractivity contribution in [3.8, 4) is 11.3 Å². The number of amides is 4. The van der Waals surface area contributed by atoms with Gasteiger partial charge in [0.25, 0.3) is 17.7 Å². The fourth-order valence-corrected chi connectivity index (χ4v) is 16.9. The molecule has 3 fully saturated rings. The normalized spacial score (nSPS) is 26.0. The largest absolute Gasteiger partial charge is 0.459 e. The molecule has 130 heavy (non-hydrogen) atoms. The van der Waals surface area contributed by atoms with E-state index < -0.39 is 114 Å². The van der Waals surface area contributed by atoms with Gasteiger partial charge in [0, 0.05) is 96.1 Å². The lowest BCUT2D eigenvalue weighted by molar-refractivity contribution is -0.245. The van der Waals surface area contributed by atoms with Gasteiger partial charge >= 0.3 is 12.1 Å². The monoisotopic (exact) mass is 1820 g/mol.